The highest BCUT2D eigenvalue weighted by Crippen LogP contribution is 2.63. The van der Waals surface area contributed by atoms with Crippen molar-refractivity contribution in [3.63, 3.8) is 0 Å². The minimum absolute atomic E-state index is 0.0530. The van der Waals surface area contributed by atoms with Gasteiger partial charge in [0.05, 0.1) is 35.6 Å². The first-order valence-electron chi connectivity index (χ1n) is 13.2. The van der Waals surface area contributed by atoms with Crippen LogP contribution in [0.1, 0.15) is 40.0 Å². The molecular formula is C27H35N5O6. The number of carbonyl (C=O) groups is 3. The number of carbonyl (C=O) groups excluding carboxylic acids is 2. The van der Waals surface area contributed by atoms with Gasteiger partial charge < -0.3 is 24.7 Å². The summed E-state index contributed by atoms with van der Waals surface area (Å²) in [7, 11) is 0. The van der Waals surface area contributed by atoms with E-state index < -0.39 is 52.9 Å². The minimum Gasteiger partial charge on any atom is -0.481 e. The molecule has 3 aliphatic heterocycles. The number of hydrogen-bond acceptors (Lipinski definition) is 7. The second-order valence-corrected chi connectivity index (χ2v) is 11.0. The van der Waals surface area contributed by atoms with Gasteiger partial charge in [-0.25, -0.2) is 4.68 Å². The zero-order valence-corrected chi connectivity index (χ0v) is 22.0. The average Bonchev–Trinajstić information content (AvgIpc) is 3.60. The molecule has 3 aliphatic rings. The third-order valence-electron chi connectivity index (χ3n) is 8.95. The molecule has 1 aromatic carbocycles. The highest BCUT2D eigenvalue weighted by atomic mass is 16.5. The topological polar surface area (TPSA) is 138 Å². The standard InChI is InChI=1S/C27H35N5O6/c1-5-13-30(15-31-18-10-8-7-9-17(18)28-29-31)24(35)22-27-12-11-26(4,38-27)21(25(36)37)20(27)23(34)32(22)19(14-33)16(3)6-2/h5,7-10,16,19-22,33H,1,6,11-15H2,2-4H3,(H,36,37)/t16-,19-,20-,21+,22?,26-,27?/m0/s1. The van der Waals surface area contributed by atoms with Crippen LogP contribution in [0.3, 0.4) is 0 Å². The van der Waals surface area contributed by atoms with Crippen LogP contribution in [0.25, 0.3) is 11.0 Å². The smallest absolute Gasteiger partial charge is 0.310 e. The number of para-hydroxylation sites is 1. The van der Waals surface area contributed by atoms with Crippen molar-refractivity contribution < 1.29 is 29.3 Å². The van der Waals surface area contributed by atoms with Crippen molar-refractivity contribution in [1.29, 1.82) is 0 Å². The van der Waals surface area contributed by atoms with Gasteiger partial charge in [0, 0.05) is 6.54 Å². The third-order valence-corrected chi connectivity index (χ3v) is 8.95. The summed E-state index contributed by atoms with van der Waals surface area (Å²) in [6, 6.07) is 5.65. The molecule has 4 heterocycles. The number of amides is 2. The maximum Gasteiger partial charge on any atom is 0.310 e. The van der Waals surface area contributed by atoms with Crippen molar-refractivity contribution in [3.05, 3.63) is 36.9 Å². The highest BCUT2D eigenvalue weighted by molar-refractivity contribution is 5.98. The van der Waals surface area contributed by atoms with Gasteiger partial charge in [-0.15, -0.1) is 11.7 Å². The van der Waals surface area contributed by atoms with Crippen molar-refractivity contribution >= 4 is 28.8 Å². The fraction of sp³-hybridized carbons (Fsp3) is 0.593. The molecule has 2 bridgehead atoms. The van der Waals surface area contributed by atoms with Crippen molar-refractivity contribution in [2.45, 2.75) is 70.0 Å². The number of nitrogens with zero attached hydrogens (tertiary/aromatic N) is 5. The Morgan fingerprint density at radius 3 is 2.74 bits per heavy atom. The number of aromatic nitrogens is 3. The summed E-state index contributed by atoms with van der Waals surface area (Å²) in [6.07, 6.45) is 3.06. The molecule has 2 unspecified atom stereocenters. The second kappa shape index (κ2) is 9.46. The average molecular weight is 526 g/mol. The lowest BCUT2D eigenvalue weighted by Gasteiger charge is -2.41. The first-order valence-corrected chi connectivity index (χ1v) is 13.2. The predicted octanol–water partition coefficient (Wildman–Crippen LogP) is 1.66. The third kappa shape index (κ3) is 3.66. The largest absolute Gasteiger partial charge is 0.481 e. The number of ether oxygens (including phenoxy) is 1. The summed E-state index contributed by atoms with van der Waals surface area (Å²) in [4.78, 5) is 44.0. The maximum absolute atomic E-state index is 14.5. The molecule has 38 heavy (non-hydrogen) atoms. The molecule has 0 saturated carbocycles. The van der Waals surface area contributed by atoms with Gasteiger partial charge in [0.1, 0.15) is 23.8 Å². The van der Waals surface area contributed by atoms with Gasteiger partial charge in [-0.05, 0) is 37.8 Å². The fourth-order valence-electron chi connectivity index (χ4n) is 6.92. The molecule has 5 rings (SSSR count). The zero-order chi connectivity index (χ0) is 27.4. The van der Waals surface area contributed by atoms with E-state index in [1.165, 1.54) is 9.80 Å². The Hall–Kier alpha value is -3.31. The number of benzene rings is 1. The first-order chi connectivity index (χ1) is 18.1. The summed E-state index contributed by atoms with van der Waals surface area (Å²) < 4.78 is 8.10. The van der Waals surface area contributed by atoms with E-state index in [0.29, 0.717) is 24.8 Å². The number of aliphatic hydroxyl groups is 1. The van der Waals surface area contributed by atoms with Crippen molar-refractivity contribution in [2.75, 3.05) is 13.2 Å². The Bertz CT molecular complexity index is 1280. The van der Waals surface area contributed by atoms with Crippen LogP contribution in [0.5, 0.6) is 0 Å². The van der Waals surface area contributed by atoms with E-state index in [2.05, 4.69) is 16.9 Å². The summed E-state index contributed by atoms with van der Waals surface area (Å²) in [5.74, 6) is -4.16. The maximum atomic E-state index is 14.5. The van der Waals surface area contributed by atoms with E-state index in [-0.39, 0.29) is 25.7 Å². The van der Waals surface area contributed by atoms with Gasteiger partial charge in [0.25, 0.3) is 0 Å². The van der Waals surface area contributed by atoms with Crippen LogP contribution in [-0.4, -0.2) is 89.2 Å². The quantitative estimate of drug-likeness (QED) is 0.447. The molecule has 0 aliphatic carbocycles. The molecule has 1 aromatic heterocycles. The monoisotopic (exact) mass is 525 g/mol. The lowest BCUT2D eigenvalue weighted by molar-refractivity contribution is -0.160. The van der Waals surface area contributed by atoms with E-state index in [9.17, 15) is 24.6 Å². The van der Waals surface area contributed by atoms with E-state index >= 15 is 0 Å². The second-order valence-electron chi connectivity index (χ2n) is 11.0. The normalized spacial score (nSPS) is 31.4. The van der Waals surface area contributed by atoms with E-state index in [1.54, 1.807) is 17.7 Å². The summed E-state index contributed by atoms with van der Waals surface area (Å²) >= 11 is 0. The van der Waals surface area contributed by atoms with Crippen molar-refractivity contribution in [3.8, 4) is 0 Å². The molecule has 3 fully saturated rings. The van der Waals surface area contributed by atoms with Crippen molar-refractivity contribution in [1.82, 2.24) is 24.8 Å². The van der Waals surface area contributed by atoms with E-state index in [1.807, 2.05) is 38.1 Å². The molecule has 11 heteroatoms. The number of carboxylic acids is 1. The lowest BCUT2D eigenvalue weighted by Crippen LogP contribution is -2.60. The Morgan fingerprint density at radius 1 is 1.34 bits per heavy atom. The van der Waals surface area contributed by atoms with Crippen LogP contribution in [-0.2, 0) is 25.8 Å². The SMILES string of the molecule is C=CCN(Cn1nnc2ccccc21)C(=O)C1N([C@@H](CO)[C@@H](C)CC)C(=O)[C@@H]2[C@H](C(=O)O)[C@]3(C)CCC12O3. The molecular weight excluding hydrogens is 490 g/mol. The van der Waals surface area contributed by atoms with Crippen LogP contribution in [0, 0.1) is 17.8 Å². The molecule has 2 N–H and O–H groups in total. The van der Waals surface area contributed by atoms with Gasteiger partial charge >= 0.3 is 5.97 Å². The van der Waals surface area contributed by atoms with Crippen LogP contribution >= 0.6 is 0 Å². The summed E-state index contributed by atoms with van der Waals surface area (Å²) in [6.45, 7) is 9.27. The minimum atomic E-state index is -1.29. The van der Waals surface area contributed by atoms with Crippen LogP contribution in [0.15, 0.2) is 36.9 Å². The Morgan fingerprint density at radius 2 is 2.08 bits per heavy atom. The van der Waals surface area contributed by atoms with Gasteiger partial charge in [-0.2, -0.15) is 0 Å². The van der Waals surface area contributed by atoms with Gasteiger partial charge in [0.2, 0.25) is 11.8 Å². The van der Waals surface area contributed by atoms with Crippen molar-refractivity contribution in [2.24, 2.45) is 17.8 Å². The fourth-order valence-corrected chi connectivity index (χ4v) is 6.92. The van der Waals surface area contributed by atoms with Gasteiger partial charge in [-0.3, -0.25) is 14.4 Å². The molecule has 0 radical (unpaired) electrons. The van der Waals surface area contributed by atoms with E-state index in [0.717, 1.165) is 5.52 Å². The Labute approximate surface area is 221 Å². The summed E-state index contributed by atoms with van der Waals surface area (Å²) in [5.41, 5.74) is -0.916. The number of fused-ring (bicyclic) bond motifs is 2. The number of aliphatic carboxylic acids is 1. The number of rotatable bonds is 10. The molecule has 204 valence electrons. The summed E-state index contributed by atoms with van der Waals surface area (Å²) in [5, 5.41) is 29.0. The predicted molar refractivity (Wildman–Crippen MR) is 136 cm³/mol. The van der Waals surface area contributed by atoms with Crippen LogP contribution < -0.4 is 0 Å². The van der Waals surface area contributed by atoms with E-state index in [4.69, 9.17) is 4.74 Å². The molecule has 1 spiro atoms. The molecule has 7 atom stereocenters. The molecule has 11 nitrogen and oxygen atoms in total. The van der Waals surface area contributed by atoms with Crippen LogP contribution in [0.2, 0.25) is 0 Å². The number of hydrogen-bond donors (Lipinski definition) is 2. The number of carboxylic acid groups (broad SMARTS) is 1. The molecule has 2 aromatic rings. The number of aliphatic hydroxyl groups excluding tert-OH is 1. The molecule has 2 amide bonds. The lowest BCUT2D eigenvalue weighted by atomic mass is 9.66. The zero-order valence-electron chi connectivity index (χ0n) is 22.0. The highest BCUT2D eigenvalue weighted by Gasteiger charge is 2.79. The van der Waals surface area contributed by atoms with Crippen LogP contribution in [0.4, 0.5) is 0 Å². The Kier molecular flexibility index (Phi) is 6.55. The van der Waals surface area contributed by atoms with Gasteiger partial charge in [0.15, 0.2) is 0 Å². The molecule has 3 saturated heterocycles. The Balaban J connectivity index is 1.60. The number of likely N-dealkylation sites (tertiary alicyclic amines) is 1. The first kappa shape index (κ1) is 26.3. The van der Waals surface area contributed by atoms with Gasteiger partial charge in [-0.1, -0.05) is 43.7 Å².